The van der Waals surface area contributed by atoms with E-state index < -0.39 is 0 Å². The lowest BCUT2D eigenvalue weighted by Crippen LogP contribution is -2.08. The number of nitrogens with zero attached hydrogens (tertiary/aromatic N) is 1. The summed E-state index contributed by atoms with van der Waals surface area (Å²) in [6, 6.07) is 8.83. The summed E-state index contributed by atoms with van der Waals surface area (Å²) in [6.07, 6.45) is 6.79. The fourth-order valence-corrected chi connectivity index (χ4v) is 2.70. The summed E-state index contributed by atoms with van der Waals surface area (Å²) in [5, 5.41) is 19.9. The Balaban J connectivity index is 2.45. The lowest BCUT2D eigenvalue weighted by Gasteiger charge is -2.15. The molecule has 0 heterocycles. The van der Waals surface area contributed by atoms with E-state index in [1.165, 1.54) is 5.57 Å². The van der Waals surface area contributed by atoms with Crippen molar-refractivity contribution in [3.8, 4) is 17.2 Å². The number of anilines is 1. The van der Waals surface area contributed by atoms with Crippen LogP contribution in [0.5, 0.6) is 17.2 Å². The maximum atomic E-state index is 10.0. The van der Waals surface area contributed by atoms with Crippen LogP contribution in [0, 0.1) is 0 Å². The van der Waals surface area contributed by atoms with Gasteiger partial charge in [-0.1, -0.05) is 29.9 Å². The molecule has 0 saturated carbocycles. The molecule has 0 aromatic heterocycles. The number of phenols is 2. The zero-order valence-electron chi connectivity index (χ0n) is 16.1. The Bertz CT molecular complexity index is 832. The van der Waals surface area contributed by atoms with Crippen molar-refractivity contribution in [1.29, 1.82) is 0 Å². The largest absolute Gasteiger partial charge is 0.508 e. The number of hydrogen-bond donors (Lipinski definition) is 2. The Morgan fingerprint density at radius 2 is 1.81 bits per heavy atom. The van der Waals surface area contributed by atoms with Crippen molar-refractivity contribution < 1.29 is 14.9 Å². The van der Waals surface area contributed by atoms with Gasteiger partial charge in [-0.2, -0.15) is 0 Å². The minimum atomic E-state index is 0.169. The van der Waals surface area contributed by atoms with E-state index in [1.807, 2.05) is 43.3 Å². The second kappa shape index (κ2) is 8.48. The third-order valence-electron chi connectivity index (χ3n) is 4.10. The molecule has 0 amide bonds. The molecule has 0 bridgehead atoms. The van der Waals surface area contributed by atoms with E-state index in [1.54, 1.807) is 25.3 Å². The number of ether oxygens (including phenoxy) is 1. The Morgan fingerprint density at radius 3 is 2.42 bits per heavy atom. The Labute approximate surface area is 155 Å². The van der Waals surface area contributed by atoms with E-state index in [9.17, 15) is 10.2 Å². The van der Waals surface area contributed by atoms with Crippen LogP contribution in [0.4, 0.5) is 5.69 Å². The van der Waals surface area contributed by atoms with Crippen LogP contribution in [0.1, 0.15) is 30.5 Å². The Hall–Kier alpha value is -2.88. The minimum absolute atomic E-state index is 0.169. The van der Waals surface area contributed by atoms with Crippen molar-refractivity contribution in [1.82, 2.24) is 0 Å². The van der Waals surface area contributed by atoms with Crippen molar-refractivity contribution in [2.75, 3.05) is 26.1 Å². The van der Waals surface area contributed by atoms with E-state index in [-0.39, 0.29) is 11.5 Å². The van der Waals surface area contributed by atoms with E-state index in [0.717, 1.165) is 28.8 Å². The molecular weight excluding hydrogens is 326 g/mol. The SMILES string of the molecule is COc1cc(O)cc(/C=C/c2ccc(O)c(N(C)C)c2)c1CC=C(C)C. The van der Waals surface area contributed by atoms with E-state index in [2.05, 4.69) is 19.9 Å². The molecule has 0 saturated heterocycles. The van der Waals surface area contributed by atoms with Crippen LogP contribution in [0.2, 0.25) is 0 Å². The van der Waals surface area contributed by atoms with Gasteiger partial charge in [0, 0.05) is 25.7 Å². The average Bonchev–Trinajstić information content (AvgIpc) is 2.58. The van der Waals surface area contributed by atoms with Gasteiger partial charge in [-0.15, -0.1) is 0 Å². The second-order valence-electron chi connectivity index (χ2n) is 6.68. The molecule has 0 aliphatic heterocycles. The first-order valence-electron chi connectivity index (χ1n) is 8.53. The summed E-state index contributed by atoms with van der Waals surface area (Å²) in [5.74, 6) is 1.08. The van der Waals surface area contributed by atoms with Gasteiger partial charge in [-0.25, -0.2) is 0 Å². The van der Waals surface area contributed by atoms with Gasteiger partial charge >= 0.3 is 0 Å². The number of rotatable bonds is 6. The van der Waals surface area contributed by atoms with E-state index in [0.29, 0.717) is 5.75 Å². The number of methoxy groups -OCH3 is 1. The molecule has 0 fully saturated rings. The Kier molecular flexibility index (Phi) is 6.34. The second-order valence-corrected chi connectivity index (χ2v) is 6.68. The van der Waals surface area contributed by atoms with Gasteiger partial charge in [0.05, 0.1) is 12.8 Å². The van der Waals surface area contributed by atoms with Crippen LogP contribution in [-0.4, -0.2) is 31.4 Å². The molecule has 0 unspecified atom stereocenters. The van der Waals surface area contributed by atoms with Crippen LogP contribution >= 0.6 is 0 Å². The Morgan fingerprint density at radius 1 is 1.08 bits per heavy atom. The molecule has 138 valence electrons. The molecule has 2 aromatic carbocycles. The summed E-state index contributed by atoms with van der Waals surface area (Å²) in [7, 11) is 5.39. The fourth-order valence-electron chi connectivity index (χ4n) is 2.70. The molecular formula is C22H27NO3. The van der Waals surface area contributed by atoms with Gasteiger partial charge in [0.25, 0.3) is 0 Å². The smallest absolute Gasteiger partial charge is 0.138 e. The molecule has 0 aliphatic carbocycles. The molecule has 4 heteroatoms. The van der Waals surface area contributed by atoms with Gasteiger partial charge in [-0.05, 0) is 49.6 Å². The molecule has 26 heavy (non-hydrogen) atoms. The lowest BCUT2D eigenvalue weighted by atomic mass is 10.00. The average molecular weight is 353 g/mol. The topological polar surface area (TPSA) is 52.9 Å². The zero-order chi connectivity index (χ0) is 19.3. The highest BCUT2D eigenvalue weighted by Gasteiger charge is 2.09. The first-order chi connectivity index (χ1) is 12.3. The summed E-state index contributed by atoms with van der Waals surface area (Å²) < 4.78 is 5.45. The van der Waals surface area contributed by atoms with Crippen LogP contribution < -0.4 is 9.64 Å². The third-order valence-corrected chi connectivity index (χ3v) is 4.10. The molecule has 0 aliphatic rings. The van der Waals surface area contributed by atoms with Crippen LogP contribution in [0.25, 0.3) is 12.2 Å². The highest BCUT2D eigenvalue weighted by atomic mass is 16.5. The normalized spacial score (nSPS) is 10.8. The first kappa shape index (κ1) is 19.4. The number of hydrogen-bond acceptors (Lipinski definition) is 4. The minimum Gasteiger partial charge on any atom is -0.508 e. The maximum Gasteiger partial charge on any atom is 0.138 e. The van der Waals surface area contributed by atoms with E-state index >= 15 is 0 Å². The van der Waals surface area contributed by atoms with Gasteiger partial charge < -0.3 is 19.8 Å². The quantitative estimate of drug-likeness (QED) is 0.576. The maximum absolute atomic E-state index is 10.0. The molecule has 2 rings (SSSR count). The third kappa shape index (κ3) is 4.82. The molecule has 0 spiro atoms. The van der Waals surface area contributed by atoms with Crippen LogP contribution in [0.3, 0.4) is 0 Å². The molecule has 4 nitrogen and oxygen atoms in total. The summed E-state index contributed by atoms with van der Waals surface area (Å²) >= 11 is 0. The van der Waals surface area contributed by atoms with Crippen molar-refractivity contribution in [2.24, 2.45) is 0 Å². The monoisotopic (exact) mass is 353 g/mol. The van der Waals surface area contributed by atoms with Crippen LogP contribution in [0.15, 0.2) is 42.0 Å². The molecule has 0 radical (unpaired) electrons. The first-order valence-corrected chi connectivity index (χ1v) is 8.53. The number of benzene rings is 2. The molecule has 0 atom stereocenters. The lowest BCUT2D eigenvalue weighted by molar-refractivity contribution is 0.403. The number of allylic oxidation sites excluding steroid dienone is 2. The van der Waals surface area contributed by atoms with Crippen molar-refractivity contribution in [3.63, 3.8) is 0 Å². The highest BCUT2D eigenvalue weighted by Crippen LogP contribution is 2.31. The van der Waals surface area contributed by atoms with Crippen molar-refractivity contribution in [2.45, 2.75) is 20.3 Å². The fraction of sp³-hybridized carbons (Fsp3) is 0.273. The molecule has 2 N–H and O–H groups in total. The summed E-state index contributed by atoms with van der Waals surface area (Å²) in [5.41, 5.74) is 4.87. The van der Waals surface area contributed by atoms with Gasteiger partial charge in [-0.3, -0.25) is 0 Å². The number of phenolic OH excluding ortho intramolecular Hbond substituents is 2. The zero-order valence-corrected chi connectivity index (χ0v) is 16.1. The van der Waals surface area contributed by atoms with Crippen molar-refractivity contribution in [3.05, 3.63) is 58.7 Å². The molecule has 2 aromatic rings. The van der Waals surface area contributed by atoms with Gasteiger partial charge in [0.1, 0.15) is 17.2 Å². The van der Waals surface area contributed by atoms with Crippen molar-refractivity contribution >= 4 is 17.8 Å². The van der Waals surface area contributed by atoms with Gasteiger partial charge in [0.15, 0.2) is 0 Å². The number of aromatic hydroxyl groups is 2. The van der Waals surface area contributed by atoms with Gasteiger partial charge in [0.2, 0.25) is 0 Å². The summed E-state index contributed by atoms with van der Waals surface area (Å²) in [4.78, 5) is 1.87. The highest BCUT2D eigenvalue weighted by molar-refractivity contribution is 5.76. The van der Waals surface area contributed by atoms with Crippen LogP contribution in [-0.2, 0) is 6.42 Å². The predicted octanol–water partition coefficient (Wildman–Crippen LogP) is 4.85. The summed E-state index contributed by atoms with van der Waals surface area (Å²) in [6.45, 7) is 4.11. The standard InChI is InChI=1S/C22H27NO3/c1-15(2)6-10-19-17(13-18(24)14-22(19)26-5)9-7-16-8-11-21(25)20(12-16)23(3)4/h6-9,11-14,24-25H,10H2,1-5H3/b9-7+. The van der Waals surface area contributed by atoms with E-state index in [4.69, 9.17) is 4.74 Å². The predicted molar refractivity (Wildman–Crippen MR) is 109 cm³/mol.